The van der Waals surface area contributed by atoms with E-state index in [1.807, 2.05) is 25.9 Å². The number of rotatable bonds is 5. The Morgan fingerprint density at radius 3 is 2.56 bits per heavy atom. The minimum atomic E-state index is -3.35. The maximum Gasteiger partial charge on any atom is 0.250 e. The molecule has 0 aliphatic heterocycles. The van der Waals surface area contributed by atoms with Crippen molar-refractivity contribution in [2.24, 2.45) is 0 Å². The Labute approximate surface area is 109 Å². The number of aryl methyl sites for hydroxylation is 1. The van der Waals surface area contributed by atoms with E-state index in [4.69, 9.17) is 0 Å². The van der Waals surface area contributed by atoms with E-state index in [-0.39, 0.29) is 0 Å². The Hall–Kier alpha value is 0.0500. The fraction of sp³-hybridized carbons (Fsp3) is 0.556. The largest absolute Gasteiger partial charge is 0.308 e. The van der Waals surface area contributed by atoms with Crippen molar-refractivity contribution in [3.05, 3.63) is 15.4 Å². The van der Waals surface area contributed by atoms with Crippen molar-refractivity contribution in [3.8, 4) is 0 Å². The average molecular weight is 327 g/mol. The quantitative estimate of drug-likeness (QED) is 0.895. The summed E-state index contributed by atoms with van der Waals surface area (Å²) in [5, 5.41) is 0. The number of hydrogen-bond donors (Lipinski definition) is 1. The third kappa shape index (κ3) is 3.81. The van der Waals surface area contributed by atoms with Crippen LogP contribution in [0.25, 0.3) is 0 Å². The zero-order chi connectivity index (χ0) is 12.3. The van der Waals surface area contributed by atoms with E-state index >= 15 is 0 Å². The van der Waals surface area contributed by atoms with E-state index in [0.29, 0.717) is 17.3 Å². The second-order valence-electron chi connectivity index (χ2n) is 3.72. The molecule has 0 fully saturated rings. The molecule has 1 aromatic heterocycles. The number of halogens is 1. The Bertz CT molecular complexity index is 435. The SMILES string of the molecule is Cc1cc(S(=O)(=O)NCCN(C)C)sc1Br. The lowest BCUT2D eigenvalue weighted by molar-refractivity contribution is 0.412. The lowest BCUT2D eigenvalue weighted by Gasteiger charge is -2.09. The summed E-state index contributed by atoms with van der Waals surface area (Å²) < 4.78 is 27.5. The molecule has 0 bridgehead atoms. The van der Waals surface area contributed by atoms with Gasteiger partial charge in [-0.3, -0.25) is 0 Å². The minimum Gasteiger partial charge on any atom is -0.308 e. The van der Waals surface area contributed by atoms with Gasteiger partial charge in [0, 0.05) is 13.1 Å². The Morgan fingerprint density at radius 2 is 2.12 bits per heavy atom. The van der Waals surface area contributed by atoms with Gasteiger partial charge >= 0.3 is 0 Å². The van der Waals surface area contributed by atoms with Crippen molar-refractivity contribution in [1.29, 1.82) is 0 Å². The zero-order valence-electron chi connectivity index (χ0n) is 9.45. The molecule has 1 rings (SSSR count). The highest BCUT2D eigenvalue weighted by Crippen LogP contribution is 2.30. The first-order valence-corrected chi connectivity index (χ1v) is 7.82. The number of nitrogens with one attached hydrogen (secondary N) is 1. The van der Waals surface area contributed by atoms with E-state index < -0.39 is 10.0 Å². The van der Waals surface area contributed by atoms with Gasteiger partial charge < -0.3 is 4.90 Å². The van der Waals surface area contributed by atoms with Crippen molar-refractivity contribution in [2.45, 2.75) is 11.1 Å². The van der Waals surface area contributed by atoms with Gasteiger partial charge in [0.15, 0.2) is 0 Å². The van der Waals surface area contributed by atoms with Gasteiger partial charge in [-0.1, -0.05) is 0 Å². The zero-order valence-corrected chi connectivity index (χ0v) is 12.7. The highest BCUT2D eigenvalue weighted by molar-refractivity contribution is 9.11. The molecular formula is C9H15BrN2O2S2. The van der Waals surface area contributed by atoms with Gasteiger partial charge in [-0.25, -0.2) is 13.1 Å². The first-order chi connectivity index (χ1) is 7.33. The maximum absolute atomic E-state index is 11.8. The second-order valence-corrected chi connectivity index (χ2v) is 8.09. The van der Waals surface area contributed by atoms with E-state index in [0.717, 1.165) is 9.35 Å². The van der Waals surface area contributed by atoms with Crippen LogP contribution in [0.2, 0.25) is 0 Å². The molecule has 0 saturated carbocycles. The van der Waals surface area contributed by atoms with E-state index in [2.05, 4.69) is 20.7 Å². The van der Waals surface area contributed by atoms with Crippen LogP contribution in [0.5, 0.6) is 0 Å². The highest BCUT2D eigenvalue weighted by atomic mass is 79.9. The second kappa shape index (κ2) is 5.59. The molecule has 1 aromatic rings. The summed E-state index contributed by atoms with van der Waals surface area (Å²) in [6.45, 7) is 2.98. The lowest BCUT2D eigenvalue weighted by Crippen LogP contribution is -2.30. The number of hydrogen-bond acceptors (Lipinski definition) is 4. The monoisotopic (exact) mass is 326 g/mol. The number of likely N-dealkylation sites (N-methyl/N-ethyl adjacent to an activating group) is 1. The molecule has 0 spiro atoms. The minimum absolute atomic E-state index is 0.357. The van der Waals surface area contributed by atoms with Crippen LogP contribution in [0, 0.1) is 6.92 Å². The van der Waals surface area contributed by atoms with Crippen molar-refractivity contribution >= 4 is 37.3 Å². The van der Waals surface area contributed by atoms with Crippen molar-refractivity contribution in [1.82, 2.24) is 9.62 Å². The topological polar surface area (TPSA) is 49.4 Å². The predicted molar refractivity (Wildman–Crippen MR) is 70.5 cm³/mol. The first kappa shape index (κ1) is 14.1. The third-order valence-corrected chi connectivity index (χ3v) is 6.02. The average Bonchev–Trinajstić information content (AvgIpc) is 2.46. The van der Waals surface area contributed by atoms with Crippen LogP contribution in [-0.2, 0) is 10.0 Å². The Morgan fingerprint density at radius 1 is 1.50 bits per heavy atom. The van der Waals surface area contributed by atoms with Gasteiger partial charge in [0.05, 0.1) is 3.79 Å². The molecule has 16 heavy (non-hydrogen) atoms. The Balaban J connectivity index is 2.71. The smallest absolute Gasteiger partial charge is 0.250 e. The molecule has 1 heterocycles. The van der Waals surface area contributed by atoms with Gasteiger partial charge in [-0.2, -0.15) is 0 Å². The molecule has 0 aliphatic rings. The summed E-state index contributed by atoms with van der Waals surface area (Å²) in [4.78, 5) is 1.93. The van der Waals surface area contributed by atoms with Gasteiger partial charge in [-0.15, -0.1) is 11.3 Å². The molecule has 0 unspecified atom stereocenters. The predicted octanol–water partition coefficient (Wildman–Crippen LogP) is 1.66. The Kier molecular flexibility index (Phi) is 4.93. The van der Waals surface area contributed by atoms with E-state index in [1.54, 1.807) is 6.07 Å². The third-order valence-electron chi connectivity index (χ3n) is 1.95. The molecule has 0 radical (unpaired) electrons. The summed E-state index contributed by atoms with van der Waals surface area (Å²) in [6.07, 6.45) is 0. The van der Waals surface area contributed by atoms with Gasteiger partial charge in [0.1, 0.15) is 4.21 Å². The molecule has 0 amide bonds. The molecule has 0 aliphatic carbocycles. The summed E-state index contributed by atoms with van der Waals surface area (Å²) in [7, 11) is 0.460. The van der Waals surface area contributed by atoms with Crippen LogP contribution in [0.3, 0.4) is 0 Å². The summed E-state index contributed by atoms with van der Waals surface area (Å²) in [5.41, 5.74) is 0.943. The van der Waals surface area contributed by atoms with Gasteiger partial charge in [-0.05, 0) is 48.6 Å². The molecular weight excluding hydrogens is 312 g/mol. The molecule has 4 nitrogen and oxygen atoms in total. The van der Waals surface area contributed by atoms with Crippen molar-refractivity contribution in [3.63, 3.8) is 0 Å². The van der Waals surface area contributed by atoms with Crippen LogP contribution in [0.1, 0.15) is 5.56 Å². The van der Waals surface area contributed by atoms with Gasteiger partial charge in [0.2, 0.25) is 10.0 Å². The van der Waals surface area contributed by atoms with Crippen molar-refractivity contribution in [2.75, 3.05) is 27.2 Å². The fourth-order valence-electron chi connectivity index (χ4n) is 1.04. The summed E-state index contributed by atoms with van der Waals surface area (Å²) in [5.74, 6) is 0. The van der Waals surface area contributed by atoms with Crippen LogP contribution in [-0.4, -0.2) is 40.5 Å². The summed E-state index contributed by atoms with van der Waals surface area (Å²) in [6, 6.07) is 1.67. The maximum atomic E-state index is 11.8. The molecule has 92 valence electrons. The van der Waals surface area contributed by atoms with Crippen LogP contribution in [0.15, 0.2) is 14.1 Å². The molecule has 0 saturated heterocycles. The molecule has 0 aromatic carbocycles. The number of thiophene rings is 1. The van der Waals surface area contributed by atoms with Crippen LogP contribution in [0.4, 0.5) is 0 Å². The van der Waals surface area contributed by atoms with Crippen LogP contribution < -0.4 is 4.72 Å². The van der Waals surface area contributed by atoms with Crippen molar-refractivity contribution < 1.29 is 8.42 Å². The lowest BCUT2D eigenvalue weighted by atomic mass is 10.4. The van der Waals surface area contributed by atoms with E-state index in [9.17, 15) is 8.42 Å². The molecule has 7 heteroatoms. The van der Waals surface area contributed by atoms with E-state index in [1.165, 1.54) is 11.3 Å². The normalized spacial score (nSPS) is 12.3. The summed E-state index contributed by atoms with van der Waals surface area (Å²) >= 11 is 4.55. The highest BCUT2D eigenvalue weighted by Gasteiger charge is 2.17. The first-order valence-electron chi connectivity index (χ1n) is 4.73. The molecule has 0 atom stereocenters. The molecule has 1 N–H and O–H groups in total. The number of nitrogens with zero attached hydrogens (tertiary/aromatic N) is 1. The van der Waals surface area contributed by atoms with Gasteiger partial charge in [0.25, 0.3) is 0 Å². The standard InChI is InChI=1S/C9H15BrN2O2S2/c1-7-6-8(15-9(7)10)16(13,14)11-4-5-12(2)3/h6,11H,4-5H2,1-3H3. The number of sulfonamides is 1. The fourth-order valence-corrected chi connectivity index (χ4v) is 4.33. The van der Waals surface area contributed by atoms with Crippen LogP contribution >= 0.6 is 27.3 Å².